The molecule has 0 radical (unpaired) electrons. The van der Waals surface area contributed by atoms with E-state index in [0.29, 0.717) is 39.6 Å². The molecule has 0 aliphatic rings. The highest BCUT2D eigenvalue weighted by Crippen LogP contribution is 1.98. The van der Waals surface area contributed by atoms with E-state index in [1.165, 1.54) is 0 Å². The fourth-order valence-corrected chi connectivity index (χ4v) is 2.82. The van der Waals surface area contributed by atoms with Crippen LogP contribution >= 0.6 is 0 Å². The zero-order chi connectivity index (χ0) is 23.5. The molecule has 0 saturated carbocycles. The molecule has 8 nitrogen and oxygen atoms in total. The van der Waals surface area contributed by atoms with Crippen molar-refractivity contribution in [1.82, 2.24) is 0 Å². The van der Waals surface area contributed by atoms with Crippen molar-refractivity contribution in [2.24, 2.45) is 0 Å². The molecule has 0 aliphatic carbocycles. The maximum Gasteiger partial charge on any atom is 0.0781 e. The third-order valence-corrected chi connectivity index (χ3v) is 4.54. The summed E-state index contributed by atoms with van der Waals surface area (Å²) in [7, 11) is 3.36. The number of methoxy groups -OCH3 is 2. The van der Waals surface area contributed by atoms with E-state index in [0.717, 1.165) is 78.2 Å². The Hall–Kier alpha value is -0.320. The second-order valence-corrected chi connectivity index (χ2v) is 7.84. The number of rotatable bonds is 27. The zero-order valence-electron chi connectivity index (χ0n) is 21.1. The first-order valence-electron chi connectivity index (χ1n) is 12.2. The van der Waals surface area contributed by atoms with Gasteiger partial charge in [-0.15, -0.1) is 0 Å². The van der Waals surface area contributed by atoms with E-state index in [2.05, 4.69) is 0 Å². The average molecular weight is 467 g/mol. The van der Waals surface area contributed by atoms with E-state index in [9.17, 15) is 0 Å². The van der Waals surface area contributed by atoms with Crippen LogP contribution in [0.1, 0.15) is 52.4 Å². The van der Waals surface area contributed by atoms with E-state index in [4.69, 9.17) is 37.9 Å². The zero-order valence-corrected chi connectivity index (χ0v) is 21.1. The van der Waals surface area contributed by atoms with Crippen LogP contribution in [0.4, 0.5) is 0 Å². The van der Waals surface area contributed by atoms with Gasteiger partial charge in [0.15, 0.2) is 0 Å². The lowest BCUT2D eigenvalue weighted by Crippen LogP contribution is -2.18. The molecule has 0 amide bonds. The van der Waals surface area contributed by atoms with Crippen LogP contribution in [0.3, 0.4) is 0 Å². The predicted molar refractivity (Wildman–Crippen MR) is 126 cm³/mol. The van der Waals surface area contributed by atoms with Crippen molar-refractivity contribution >= 4 is 0 Å². The Kier molecular flexibility index (Phi) is 26.7. The highest BCUT2D eigenvalue weighted by atomic mass is 16.6. The Labute approximate surface area is 196 Å². The Morgan fingerprint density at radius 3 is 0.969 bits per heavy atom. The van der Waals surface area contributed by atoms with Gasteiger partial charge in [-0.05, 0) is 52.4 Å². The van der Waals surface area contributed by atoms with Crippen molar-refractivity contribution in [3.05, 3.63) is 0 Å². The van der Waals surface area contributed by atoms with Gasteiger partial charge in [0.2, 0.25) is 0 Å². The van der Waals surface area contributed by atoms with Crippen LogP contribution in [0.2, 0.25) is 0 Å². The van der Waals surface area contributed by atoms with Gasteiger partial charge < -0.3 is 37.9 Å². The van der Waals surface area contributed by atoms with Crippen LogP contribution < -0.4 is 0 Å². The van der Waals surface area contributed by atoms with E-state index in [1.54, 1.807) is 14.2 Å². The maximum atomic E-state index is 5.66. The van der Waals surface area contributed by atoms with E-state index < -0.39 is 0 Å². The SMILES string of the molecule is COCC(C)OCCOCCCCOCCCCOCCCCOCCOC(C)COC. The van der Waals surface area contributed by atoms with Gasteiger partial charge in [0.25, 0.3) is 0 Å². The minimum atomic E-state index is 0.119. The monoisotopic (exact) mass is 466 g/mol. The van der Waals surface area contributed by atoms with Crippen LogP contribution in [0.15, 0.2) is 0 Å². The second-order valence-electron chi connectivity index (χ2n) is 7.84. The van der Waals surface area contributed by atoms with Crippen molar-refractivity contribution in [2.45, 2.75) is 64.6 Å². The highest BCUT2D eigenvalue weighted by molar-refractivity contribution is 4.47. The van der Waals surface area contributed by atoms with Gasteiger partial charge >= 0.3 is 0 Å². The smallest absolute Gasteiger partial charge is 0.0781 e. The lowest BCUT2D eigenvalue weighted by Gasteiger charge is -2.12. The van der Waals surface area contributed by atoms with E-state index >= 15 is 0 Å². The lowest BCUT2D eigenvalue weighted by molar-refractivity contribution is -0.0207. The summed E-state index contributed by atoms with van der Waals surface area (Å²) >= 11 is 0. The molecule has 0 spiro atoms. The third kappa shape index (κ3) is 25.9. The Bertz CT molecular complexity index is 314. The molecule has 194 valence electrons. The molecule has 2 atom stereocenters. The second kappa shape index (κ2) is 26.9. The molecule has 0 aromatic rings. The van der Waals surface area contributed by atoms with E-state index in [1.807, 2.05) is 13.8 Å². The number of unbranched alkanes of at least 4 members (excludes halogenated alkanes) is 3. The number of hydrogen-bond donors (Lipinski definition) is 0. The summed E-state index contributed by atoms with van der Waals surface area (Å²) in [4.78, 5) is 0. The van der Waals surface area contributed by atoms with Crippen molar-refractivity contribution in [1.29, 1.82) is 0 Å². The largest absolute Gasteiger partial charge is 0.382 e. The van der Waals surface area contributed by atoms with E-state index in [-0.39, 0.29) is 12.2 Å². The molecule has 0 aliphatic heterocycles. The first-order chi connectivity index (χ1) is 15.7. The fraction of sp³-hybridized carbons (Fsp3) is 1.00. The molecule has 0 N–H and O–H groups in total. The van der Waals surface area contributed by atoms with Crippen molar-refractivity contribution in [3.63, 3.8) is 0 Å². The molecule has 2 unspecified atom stereocenters. The summed E-state index contributed by atoms with van der Waals surface area (Å²) in [5.41, 5.74) is 0. The summed E-state index contributed by atoms with van der Waals surface area (Å²) in [5.74, 6) is 0. The van der Waals surface area contributed by atoms with Gasteiger partial charge in [-0.25, -0.2) is 0 Å². The van der Waals surface area contributed by atoms with Gasteiger partial charge in [0.05, 0.1) is 51.8 Å². The van der Waals surface area contributed by atoms with Crippen LogP contribution in [0.25, 0.3) is 0 Å². The highest BCUT2D eigenvalue weighted by Gasteiger charge is 2.01. The van der Waals surface area contributed by atoms with Crippen LogP contribution in [0, 0.1) is 0 Å². The van der Waals surface area contributed by atoms with Gasteiger partial charge in [0, 0.05) is 53.9 Å². The molecule has 0 aromatic heterocycles. The van der Waals surface area contributed by atoms with Gasteiger partial charge in [-0.1, -0.05) is 0 Å². The third-order valence-electron chi connectivity index (χ3n) is 4.54. The van der Waals surface area contributed by atoms with Crippen molar-refractivity contribution < 1.29 is 37.9 Å². The summed E-state index contributed by atoms with van der Waals surface area (Å²) in [6, 6.07) is 0. The van der Waals surface area contributed by atoms with Crippen molar-refractivity contribution in [3.8, 4) is 0 Å². The predicted octanol–water partition coefficient (Wildman–Crippen LogP) is 3.50. The average Bonchev–Trinajstić information content (AvgIpc) is 2.77. The normalized spacial score (nSPS) is 13.5. The molecule has 8 heteroatoms. The topological polar surface area (TPSA) is 73.8 Å². The molecule has 0 bridgehead atoms. The van der Waals surface area contributed by atoms with Gasteiger partial charge in [0.1, 0.15) is 0 Å². The number of ether oxygens (including phenoxy) is 8. The Morgan fingerprint density at radius 2 is 0.688 bits per heavy atom. The molecule has 32 heavy (non-hydrogen) atoms. The molecule has 0 fully saturated rings. The minimum Gasteiger partial charge on any atom is -0.382 e. The number of hydrogen-bond acceptors (Lipinski definition) is 8. The molecular formula is C24H50O8. The summed E-state index contributed by atoms with van der Waals surface area (Å²) in [6.45, 7) is 12.4. The van der Waals surface area contributed by atoms with Crippen LogP contribution in [-0.4, -0.2) is 106 Å². The lowest BCUT2D eigenvalue weighted by atomic mass is 10.3. The van der Waals surface area contributed by atoms with Gasteiger partial charge in [-0.3, -0.25) is 0 Å². The Balaban J connectivity index is 3.06. The minimum absolute atomic E-state index is 0.119. The molecule has 0 rings (SSSR count). The summed E-state index contributed by atoms with van der Waals surface area (Å²) in [5, 5.41) is 0. The standard InChI is InChI=1S/C24H50O8/c1-23(21-25-3)31-19-17-29-15-9-7-13-27-11-5-6-12-28-14-8-10-16-30-18-20-32-24(2)22-26-4/h23-24H,5-22H2,1-4H3. The summed E-state index contributed by atoms with van der Waals surface area (Å²) in [6.07, 6.45) is 6.40. The molecule has 0 heterocycles. The molecule has 0 aromatic carbocycles. The quantitative estimate of drug-likeness (QED) is 0.170. The first kappa shape index (κ1) is 31.7. The molecule has 0 saturated heterocycles. The fourth-order valence-electron chi connectivity index (χ4n) is 2.82. The molecular weight excluding hydrogens is 416 g/mol. The van der Waals surface area contributed by atoms with Gasteiger partial charge in [-0.2, -0.15) is 0 Å². The maximum absolute atomic E-state index is 5.66. The Morgan fingerprint density at radius 1 is 0.406 bits per heavy atom. The first-order valence-corrected chi connectivity index (χ1v) is 12.2. The summed E-state index contributed by atoms with van der Waals surface area (Å²) < 4.78 is 43.5. The van der Waals surface area contributed by atoms with Crippen LogP contribution in [-0.2, 0) is 37.9 Å². The van der Waals surface area contributed by atoms with Crippen molar-refractivity contribution in [2.75, 3.05) is 93.5 Å². The van der Waals surface area contributed by atoms with Crippen LogP contribution in [0.5, 0.6) is 0 Å².